The SMILES string of the molecule is CCn1c(-c2ccc(OC)c(OC)c2)c/c(=N/c2c(C)cc(C(=O)O)cc2C)n(C)c1=O. The Hall–Kier alpha value is -3.81. The molecule has 0 atom stereocenters. The second-order valence-electron chi connectivity index (χ2n) is 7.42. The molecule has 0 saturated carbocycles. The van der Waals surface area contributed by atoms with Gasteiger partial charge in [0, 0.05) is 25.2 Å². The van der Waals surface area contributed by atoms with Crippen molar-refractivity contribution in [2.24, 2.45) is 12.0 Å². The molecule has 2 aromatic carbocycles. The van der Waals surface area contributed by atoms with Gasteiger partial charge in [0.2, 0.25) is 0 Å². The molecule has 0 aliphatic rings. The third kappa shape index (κ3) is 4.16. The quantitative estimate of drug-likeness (QED) is 0.637. The van der Waals surface area contributed by atoms with Crippen LogP contribution >= 0.6 is 0 Å². The molecule has 3 rings (SSSR count). The molecule has 168 valence electrons. The molecule has 0 aliphatic carbocycles. The van der Waals surface area contributed by atoms with Crippen LogP contribution in [0.4, 0.5) is 5.69 Å². The fourth-order valence-corrected chi connectivity index (χ4v) is 3.70. The number of aryl methyl sites for hydroxylation is 2. The zero-order valence-electron chi connectivity index (χ0n) is 19.1. The third-order valence-corrected chi connectivity index (χ3v) is 5.38. The van der Waals surface area contributed by atoms with E-state index in [-0.39, 0.29) is 11.3 Å². The first-order valence-electron chi connectivity index (χ1n) is 10.1. The van der Waals surface area contributed by atoms with E-state index < -0.39 is 5.97 Å². The normalized spacial score (nSPS) is 11.5. The van der Waals surface area contributed by atoms with Crippen molar-refractivity contribution in [2.45, 2.75) is 27.3 Å². The van der Waals surface area contributed by atoms with E-state index in [2.05, 4.69) is 0 Å². The maximum Gasteiger partial charge on any atom is 0.335 e. The molecule has 0 bridgehead atoms. The van der Waals surface area contributed by atoms with Crippen LogP contribution in [0.15, 0.2) is 46.2 Å². The molecule has 0 aliphatic heterocycles. The summed E-state index contributed by atoms with van der Waals surface area (Å²) < 4.78 is 13.9. The number of methoxy groups -OCH3 is 2. The molecule has 1 aromatic heterocycles. The Kier molecular flexibility index (Phi) is 6.53. The monoisotopic (exact) mass is 437 g/mol. The summed E-state index contributed by atoms with van der Waals surface area (Å²) in [4.78, 5) is 29.2. The zero-order chi connectivity index (χ0) is 23.6. The minimum Gasteiger partial charge on any atom is -0.493 e. The Labute approximate surface area is 186 Å². The van der Waals surface area contributed by atoms with Crippen molar-refractivity contribution < 1.29 is 19.4 Å². The van der Waals surface area contributed by atoms with Gasteiger partial charge in [0.15, 0.2) is 11.5 Å². The number of benzene rings is 2. The first kappa shape index (κ1) is 22.9. The van der Waals surface area contributed by atoms with Crippen molar-refractivity contribution in [3.05, 3.63) is 69.1 Å². The van der Waals surface area contributed by atoms with E-state index in [1.807, 2.05) is 25.1 Å². The Bertz CT molecular complexity index is 1300. The largest absolute Gasteiger partial charge is 0.493 e. The summed E-state index contributed by atoms with van der Waals surface area (Å²) in [6, 6.07) is 10.5. The van der Waals surface area contributed by atoms with Crippen LogP contribution in [-0.4, -0.2) is 34.4 Å². The topological polar surface area (TPSA) is 95.0 Å². The van der Waals surface area contributed by atoms with Crippen LogP contribution in [0.3, 0.4) is 0 Å². The second-order valence-corrected chi connectivity index (χ2v) is 7.42. The summed E-state index contributed by atoms with van der Waals surface area (Å²) in [6.07, 6.45) is 0. The number of aromatic nitrogens is 2. The van der Waals surface area contributed by atoms with Crippen LogP contribution in [0, 0.1) is 13.8 Å². The van der Waals surface area contributed by atoms with Gasteiger partial charge >= 0.3 is 11.7 Å². The lowest BCUT2D eigenvalue weighted by Gasteiger charge is -2.16. The number of rotatable bonds is 6. The summed E-state index contributed by atoms with van der Waals surface area (Å²) in [5.74, 6) is 0.162. The molecule has 0 radical (unpaired) electrons. The maximum atomic E-state index is 13.1. The van der Waals surface area contributed by atoms with Gasteiger partial charge in [-0.3, -0.25) is 9.13 Å². The molecule has 0 fully saturated rings. The summed E-state index contributed by atoms with van der Waals surface area (Å²) in [7, 11) is 4.80. The lowest BCUT2D eigenvalue weighted by Crippen LogP contribution is -2.38. The van der Waals surface area contributed by atoms with E-state index in [1.54, 1.807) is 57.9 Å². The predicted octanol–water partition coefficient (Wildman–Crippen LogP) is 3.44. The molecule has 1 heterocycles. The second kappa shape index (κ2) is 9.13. The van der Waals surface area contributed by atoms with Crippen molar-refractivity contribution in [1.82, 2.24) is 9.13 Å². The molecule has 0 unspecified atom stereocenters. The minimum absolute atomic E-state index is 0.204. The average Bonchev–Trinajstić information content (AvgIpc) is 2.77. The highest BCUT2D eigenvalue weighted by Gasteiger charge is 2.14. The molecular weight excluding hydrogens is 410 g/mol. The number of hydrogen-bond donors (Lipinski definition) is 1. The van der Waals surface area contributed by atoms with Crippen molar-refractivity contribution in [1.29, 1.82) is 0 Å². The smallest absolute Gasteiger partial charge is 0.335 e. The highest BCUT2D eigenvalue weighted by molar-refractivity contribution is 5.89. The van der Waals surface area contributed by atoms with Gasteiger partial charge < -0.3 is 14.6 Å². The standard InChI is InChI=1S/C24H27N3O5/c1-7-27-18(16-8-9-19(31-5)20(12-16)32-6)13-21(26(4)24(27)30)25-22-14(2)10-17(23(28)29)11-15(22)3/h8-13H,7H2,1-6H3,(H,28,29)/b25-21-. The van der Waals surface area contributed by atoms with Crippen molar-refractivity contribution in [2.75, 3.05) is 14.2 Å². The van der Waals surface area contributed by atoms with Gasteiger partial charge in [0.25, 0.3) is 0 Å². The van der Waals surface area contributed by atoms with E-state index in [0.29, 0.717) is 34.9 Å². The van der Waals surface area contributed by atoms with E-state index in [9.17, 15) is 14.7 Å². The van der Waals surface area contributed by atoms with Gasteiger partial charge in [-0.1, -0.05) is 0 Å². The fraction of sp³-hybridized carbons (Fsp3) is 0.292. The maximum absolute atomic E-state index is 13.1. The van der Waals surface area contributed by atoms with Crippen LogP contribution in [0.25, 0.3) is 11.3 Å². The highest BCUT2D eigenvalue weighted by Crippen LogP contribution is 2.32. The van der Waals surface area contributed by atoms with Crippen LogP contribution < -0.4 is 20.7 Å². The first-order valence-corrected chi connectivity index (χ1v) is 10.1. The number of nitrogens with zero attached hydrogens (tertiary/aromatic N) is 3. The third-order valence-electron chi connectivity index (χ3n) is 5.38. The van der Waals surface area contributed by atoms with Gasteiger partial charge in [0.05, 0.1) is 31.2 Å². The van der Waals surface area contributed by atoms with Gasteiger partial charge in [-0.15, -0.1) is 0 Å². The number of carboxylic acid groups (broad SMARTS) is 1. The van der Waals surface area contributed by atoms with E-state index in [4.69, 9.17) is 14.5 Å². The van der Waals surface area contributed by atoms with Gasteiger partial charge in [-0.05, 0) is 62.2 Å². The molecular formula is C24H27N3O5. The van der Waals surface area contributed by atoms with E-state index in [0.717, 1.165) is 16.7 Å². The summed E-state index contributed by atoms with van der Waals surface area (Å²) in [5.41, 5.74) is 3.99. The lowest BCUT2D eigenvalue weighted by atomic mass is 10.0. The van der Waals surface area contributed by atoms with Crippen LogP contribution in [0.5, 0.6) is 11.5 Å². The number of carboxylic acids is 1. The molecule has 0 spiro atoms. The van der Waals surface area contributed by atoms with Crippen LogP contribution in [0.1, 0.15) is 28.4 Å². The zero-order valence-corrected chi connectivity index (χ0v) is 19.1. The van der Waals surface area contributed by atoms with Crippen molar-refractivity contribution in [3.8, 4) is 22.8 Å². The van der Waals surface area contributed by atoms with Crippen molar-refractivity contribution >= 4 is 11.7 Å². The van der Waals surface area contributed by atoms with Gasteiger partial charge in [-0.25, -0.2) is 14.6 Å². The number of ether oxygens (including phenoxy) is 2. The van der Waals surface area contributed by atoms with Crippen molar-refractivity contribution in [3.63, 3.8) is 0 Å². The van der Waals surface area contributed by atoms with E-state index in [1.165, 1.54) is 4.57 Å². The molecule has 8 heteroatoms. The summed E-state index contributed by atoms with van der Waals surface area (Å²) in [5, 5.41) is 9.30. The van der Waals surface area contributed by atoms with Gasteiger partial charge in [-0.2, -0.15) is 0 Å². The lowest BCUT2D eigenvalue weighted by molar-refractivity contribution is 0.0696. The van der Waals surface area contributed by atoms with Crippen LogP contribution in [0.2, 0.25) is 0 Å². The Morgan fingerprint density at radius 3 is 2.19 bits per heavy atom. The molecule has 0 amide bonds. The van der Waals surface area contributed by atoms with E-state index >= 15 is 0 Å². The molecule has 3 aromatic rings. The highest BCUT2D eigenvalue weighted by atomic mass is 16.5. The Morgan fingerprint density at radius 2 is 1.66 bits per heavy atom. The fourth-order valence-electron chi connectivity index (χ4n) is 3.70. The molecule has 1 N–H and O–H groups in total. The number of hydrogen-bond acceptors (Lipinski definition) is 5. The average molecular weight is 437 g/mol. The number of carbonyl (C=O) groups is 1. The predicted molar refractivity (Wildman–Crippen MR) is 122 cm³/mol. The Balaban J connectivity index is 2.30. The Morgan fingerprint density at radius 1 is 1.03 bits per heavy atom. The van der Waals surface area contributed by atoms with Gasteiger partial charge in [0.1, 0.15) is 5.49 Å². The summed E-state index contributed by atoms with van der Waals surface area (Å²) >= 11 is 0. The first-order chi connectivity index (χ1) is 15.2. The van der Waals surface area contributed by atoms with Crippen LogP contribution in [-0.2, 0) is 13.6 Å². The molecule has 32 heavy (non-hydrogen) atoms. The minimum atomic E-state index is -0.991. The number of aromatic carboxylic acids is 1. The molecule has 0 saturated heterocycles. The molecule has 8 nitrogen and oxygen atoms in total. The summed E-state index contributed by atoms with van der Waals surface area (Å²) in [6.45, 7) is 5.99.